The van der Waals surface area contributed by atoms with Gasteiger partial charge in [-0.05, 0) is 68.3 Å². The summed E-state index contributed by atoms with van der Waals surface area (Å²) in [6.45, 7) is 5.22. The third-order valence-corrected chi connectivity index (χ3v) is 9.38. The minimum Gasteiger partial charge on any atom is -0.495 e. The molecule has 0 unspecified atom stereocenters. The van der Waals surface area contributed by atoms with Crippen molar-refractivity contribution >= 4 is 62.3 Å². The molecule has 3 aromatic carbocycles. The highest BCUT2D eigenvalue weighted by atomic mass is 35.5. The molecule has 0 heterocycles. The first-order valence-electron chi connectivity index (χ1n) is 13.3. The fourth-order valence-electron chi connectivity index (χ4n) is 4.16. The van der Waals surface area contributed by atoms with Crippen molar-refractivity contribution in [3.05, 3.63) is 86.9 Å². The molecule has 0 aliphatic rings. The van der Waals surface area contributed by atoms with Gasteiger partial charge in [0.25, 0.3) is 10.0 Å². The molecule has 0 spiro atoms. The van der Waals surface area contributed by atoms with Gasteiger partial charge in [-0.25, -0.2) is 8.42 Å². The fourth-order valence-corrected chi connectivity index (χ4v) is 6.07. The lowest BCUT2D eigenvalue weighted by Crippen LogP contribution is -2.51. The highest BCUT2D eigenvalue weighted by Crippen LogP contribution is 2.35. The summed E-state index contributed by atoms with van der Waals surface area (Å²) in [7, 11) is -2.90. The molecule has 0 saturated heterocycles. The van der Waals surface area contributed by atoms with Crippen molar-refractivity contribution in [2.45, 2.75) is 51.1 Å². The Balaban J connectivity index is 2.08. The predicted molar refractivity (Wildman–Crippen MR) is 168 cm³/mol. The van der Waals surface area contributed by atoms with Crippen LogP contribution in [0.25, 0.3) is 0 Å². The highest BCUT2D eigenvalue weighted by molar-refractivity contribution is 7.92. The Kier molecular flexibility index (Phi) is 11.9. The third-order valence-electron chi connectivity index (χ3n) is 6.63. The van der Waals surface area contributed by atoms with E-state index < -0.39 is 28.5 Å². The molecule has 226 valence electrons. The Morgan fingerprint density at radius 1 is 0.976 bits per heavy atom. The molecule has 0 radical (unpaired) electrons. The summed E-state index contributed by atoms with van der Waals surface area (Å²) in [4.78, 5) is 28.5. The Bertz CT molecular complexity index is 1520. The zero-order valence-corrected chi connectivity index (χ0v) is 26.9. The number of halogens is 3. The second-order valence-electron chi connectivity index (χ2n) is 9.73. The Hall–Kier alpha value is -2.98. The van der Waals surface area contributed by atoms with Crippen LogP contribution in [0.1, 0.15) is 37.8 Å². The lowest BCUT2D eigenvalue weighted by molar-refractivity contribution is -0.139. The van der Waals surface area contributed by atoms with E-state index in [2.05, 4.69) is 5.32 Å². The molecule has 2 amide bonds. The van der Waals surface area contributed by atoms with Gasteiger partial charge in [0, 0.05) is 18.1 Å². The van der Waals surface area contributed by atoms with Gasteiger partial charge in [0.1, 0.15) is 18.3 Å². The first-order valence-corrected chi connectivity index (χ1v) is 15.9. The number of anilines is 1. The molecule has 12 heteroatoms. The van der Waals surface area contributed by atoms with Gasteiger partial charge in [0.05, 0.1) is 27.7 Å². The maximum atomic E-state index is 14.1. The number of nitrogens with one attached hydrogen (secondary N) is 1. The molecule has 1 atom stereocenters. The van der Waals surface area contributed by atoms with Crippen molar-refractivity contribution in [3.63, 3.8) is 0 Å². The molecule has 42 heavy (non-hydrogen) atoms. The van der Waals surface area contributed by atoms with E-state index in [1.165, 1.54) is 36.3 Å². The number of amides is 2. The van der Waals surface area contributed by atoms with Gasteiger partial charge < -0.3 is 15.0 Å². The second-order valence-corrected chi connectivity index (χ2v) is 12.8. The van der Waals surface area contributed by atoms with Gasteiger partial charge in [-0.15, -0.1) is 0 Å². The summed E-state index contributed by atoms with van der Waals surface area (Å²) < 4.78 is 34.5. The first kappa shape index (κ1) is 33.5. The quantitative estimate of drug-likeness (QED) is 0.213. The van der Waals surface area contributed by atoms with Crippen LogP contribution in [0.2, 0.25) is 15.1 Å². The number of benzene rings is 3. The lowest BCUT2D eigenvalue weighted by atomic mass is 10.1. The summed E-state index contributed by atoms with van der Waals surface area (Å²) in [6, 6.07) is 14.7. The molecule has 0 saturated carbocycles. The molecule has 3 rings (SSSR count). The molecule has 0 bridgehead atoms. The highest BCUT2D eigenvalue weighted by Gasteiger charge is 2.34. The molecule has 3 aromatic rings. The van der Waals surface area contributed by atoms with Crippen molar-refractivity contribution in [3.8, 4) is 5.75 Å². The topological polar surface area (TPSA) is 96.0 Å². The summed E-state index contributed by atoms with van der Waals surface area (Å²) >= 11 is 18.6. The van der Waals surface area contributed by atoms with E-state index in [9.17, 15) is 18.0 Å². The second kappa shape index (κ2) is 15.0. The number of carbonyl (C=O) groups excluding carboxylic acids is 2. The molecular weight excluding hydrogens is 621 g/mol. The molecule has 0 fully saturated rings. The average molecular weight is 655 g/mol. The largest absolute Gasteiger partial charge is 0.495 e. The van der Waals surface area contributed by atoms with E-state index >= 15 is 0 Å². The van der Waals surface area contributed by atoms with Crippen molar-refractivity contribution in [2.24, 2.45) is 0 Å². The maximum Gasteiger partial charge on any atom is 0.264 e. The van der Waals surface area contributed by atoms with Gasteiger partial charge in [0.2, 0.25) is 11.8 Å². The van der Waals surface area contributed by atoms with Crippen LogP contribution >= 0.6 is 34.8 Å². The first-order chi connectivity index (χ1) is 19.9. The number of rotatable bonds is 13. The summed E-state index contributed by atoms with van der Waals surface area (Å²) in [5.41, 5.74) is 1.56. The van der Waals surface area contributed by atoms with Crippen molar-refractivity contribution in [1.29, 1.82) is 0 Å². The third kappa shape index (κ3) is 8.31. The number of hydrogen-bond donors (Lipinski definition) is 1. The van der Waals surface area contributed by atoms with Crippen LogP contribution in [-0.2, 0) is 26.2 Å². The Labute approximate surface area is 262 Å². The van der Waals surface area contributed by atoms with Crippen LogP contribution < -0.4 is 14.4 Å². The summed E-state index contributed by atoms with van der Waals surface area (Å²) in [5.74, 6) is -0.800. The molecule has 1 N–H and O–H groups in total. The van der Waals surface area contributed by atoms with Crippen LogP contribution in [0.15, 0.2) is 65.6 Å². The van der Waals surface area contributed by atoms with Gasteiger partial charge in [0.15, 0.2) is 0 Å². The fraction of sp³-hybridized carbons (Fsp3) is 0.333. The number of sulfonamides is 1. The van der Waals surface area contributed by atoms with E-state index in [-0.39, 0.29) is 38.8 Å². The number of carbonyl (C=O) groups is 2. The minimum absolute atomic E-state index is 0.0238. The number of nitrogens with zero attached hydrogens (tertiary/aromatic N) is 2. The number of unbranched alkanes of at least 4 members (excludes halogenated alkanes) is 1. The number of methoxy groups -OCH3 is 1. The van der Waals surface area contributed by atoms with Gasteiger partial charge in [-0.2, -0.15) is 0 Å². The van der Waals surface area contributed by atoms with Crippen molar-refractivity contribution in [1.82, 2.24) is 10.2 Å². The van der Waals surface area contributed by atoms with Crippen molar-refractivity contribution < 1.29 is 22.7 Å². The molecule has 8 nitrogen and oxygen atoms in total. The van der Waals surface area contributed by atoms with E-state index in [0.29, 0.717) is 17.1 Å². The van der Waals surface area contributed by atoms with E-state index in [1.807, 2.05) is 13.8 Å². The van der Waals surface area contributed by atoms with Gasteiger partial charge in [-0.1, -0.05) is 71.9 Å². The average Bonchev–Trinajstić information content (AvgIpc) is 2.96. The standard InChI is InChI=1S/C30H34Cl3N3O5S/c1-5-6-15-34-30(38)21(3)35(18-22-9-13-25(32)26(33)16-22)29(37)19-36(27-17-23(31)10-14-28(27)41-4)42(39,40)24-11-7-20(2)8-12-24/h7-14,16-17,21H,5-6,15,18-19H2,1-4H3,(H,34,38)/t21-/m0/s1. The number of ether oxygens (including phenoxy) is 1. The van der Waals surface area contributed by atoms with Crippen LogP contribution in [0.4, 0.5) is 5.69 Å². The zero-order chi connectivity index (χ0) is 31.0. The van der Waals surface area contributed by atoms with Gasteiger partial charge in [-0.3, -0.25) is 13.9 Å². The lowest BCUT2D eigenvalue weighted by Gasteiger charge is -2.32. The van der Waals surface area contributed by atoms with Gasteiger partial charge >= 0.3 is 0 Å². The summed E-state index contributed by atoms with van der Waals surface area (Å²) in [5, 5.41) is 3.72. The zero-order valence-electron chi connectivity index (χ0n) is 23.9. The number of aryl methyl sites for hydroxylation is 1. The van der Waals surface area contributed by atoms with E-state index in [4.69, 9.17) is 39.5 Å². The normalized spacial score (nSPS) is 12.0. The Morgan fingerprint density at radius 2 is 1.67 bits per heavy atom. The number of hydrogen-bond acceptors (Lipinski definition) is 5. The minimum atomic E-state index is -4.29. The predicted octanol–water partition coefficient (Wildman–Crippen LogP) is 6.49. The van der Waals surface area contributed by atoms with E-state index in [1.54, 1.807) is 43.3 Å². The Morgan fingerprint density at radius 3 is 2.29 bits per heavy atom. The monoisotopic (exact) mass is 653 g/mol. The smallest absolute Gasteiger partial charge is 0.264 e. The molecule has 0 aliphatic heterocycles. The molecule has 0 aliphatic carbocycles. The van der Waals surface area contributed by atoms with E-state index in [0.717, 1.165) is 22.7 Å². The molecular formula is C30H34Cl3N3O5S. The van der Waals surface area contributed by atoms with Crippen LogP contribution in [-0.4, -0.2) is 51.4 Å². The SMILES string of the molecule is CCCCNC(=O)[C@H](C)N(Cc1ccc(Cl)c(Cl)c1)C(=O)CN(c1cc(Cl)ccc1OC)S(=O)(=O)c1ccc(C)cc1. The van der Waals surface area contributed by atoms with Crippen LogP contribution in [0.3, 0.4) is 0 Å². The van der Waals surface area contributed by atoms with Crippen LogP contribution in [0.5, 0.6) is 5.75 Å². The van der Waals surface area contributed by atoms with Crippen LogP contribution in [0, 0.1) is 6.92 Å². The van der Waals surface area contributed by atoms with Crippen molar-refractivity contribution in [2.75, 3.05) is 24.5 Å². The maximum absolute atomic E-state index is 14.1. The molecule has 0 aromatic heterocycles. The summed E-state index contributed by atoms with van der Waals surface area (Å²) in [6.07, 6.45) is 1.66.